The van der Waals surface area contributed by atoms with E-state index in [-0.39, 0.29) is 37.3 Å². The standard InChI is InChI=1S/C34H35N3O8S/c35-32(24-27-12-6-2-7-13-27)33(38)36(34(39)44-25-28-14-8-3-9-15-28)29(17-16-26-10-4-1-5-11-26)22-23-46(42,43)45-31-20-18-30(19-21-31)37(40)41/h1-15,18-21,29,32H,16-17,22-25,35H2/t29?,32-/m0/s1. The third kappa shape index (κ3) is 10.2. The van der Waals surface area contributed by atoms with Gasteiger partial charge in [-0.25, -0.2) is 9.69 Å². The monoisotopic (exact) mass is 645 g/mol. The summed E-state index contributed by atoms with van der Waals surface area (Å²) in [6, 6.07) is 30.0. The van der Waals surface area contributed by atoms with Gasteiger partial charge >= 0.3 is 16.2 Å². The summed E-state index contributed by atoms with van der Waals surface area (Å²) in [6.07, 6.45) is -0.314. The highest BCUT2D eigenvalue weighted by atomic mass is 32.2. The number of amides is 2. The first kappa shape index (κ1) is 33.8. The van der Waals surface area contributed by atoms with Crippen molar-refractivity contribution in [1.82, 2.24) is 4.90 Å². The summed E-state index contributed by atoms with van der Waals surface area (Å²) < 4.78 is 36.9. The molecule has 0 bridgehead atoms. The lowest BCUT2D eigenvalue weighted by atomic mass is 10.00. The van der Waals surface area contributed by atoms with E-state index in [0.717, 1.165) is 28.2 Å². The number of carbonyl (C=O) groups excluding carboxylic acids is 2. The third-order valence-electron chi connectivity index (χ3n) is 7.20. The number of imide groups is 1. The molecule has 2 amide bonds. The molecule has 0 radical (unpaired) electrons. The second kappa shape index (κ2) is 16.3. The lowest BCUT2D eigenvalue weighted by molar-refractivity contribution is -0.384. The molecule has 0 aromatic heterocycles. The molecule has 0 aliphatic carbocycles. The molecule has 0 spiro atoms. The fourth-order valence-electron chi connectivity index (χ4n) is 4.81. The second-order valence-electron chi connectivity index (χ2n) is 10.6. The summed E-state index contributed by atoms with van der Waals surface area (Å²) in [6.45, 7) is -0.107. The number of rotatable bonds is 15. The lowest BCUT2D eigenvalue weighted by Gasteiger charge is -2.31. The minimum absolute atomic E-state index is 0.105. The number of hydrogen-bond donors (Lipinski definition) is 1. The second-order valence-corrected chi connectivity index (χ2v) is 12.3. The Morgan fingerprint density at radius 1 is 0.783 bits per heavy atom. The van der Waals surface area contributed by atoms with E-state index in [1.165, 1.54) is 12.1 Å². The van der Waals surface area contributed by atoms with E-state index in [2.05, 4.69) is 0 Å². The van der Waals surface area contributed by atoms with Gasteiger partial charge in [0, 0.05) is 18.2 Å². The fraction of sp³-hybridized carbons (Fsp3) is 0.235. The first-order chi connectivity index (χ1) is 22.1. The van der Waals surface area contributed by atoms with Crippen LogP contribution in [0.15, 0.2) is 115 Å². The molecule has 2 N–H and O–H groups in total. The number of nitro benzene ring substituents is 1. The van der Waals surface area contributed by atoms with E-state index in [4.69, 9.17) is 14.7 Å². The van der Waals surface area contributed by atoms with E-state index in [1.807, 2.05) is 66.7 Å². The Morgan fingerprint density at radius 2 is 1.33 bits per heavy atom. The summed E-state index contributed by atoms with van der Waals surface area (Å²) >= 11 is 0. The zero-order valence-corrected chi connectivity index (χ0v) is 25.8. The Morgan fingerprint density at radius 3 is 1.89 bits per heavy atom. The average Bonchev–Trinajstić information content (AvgIpc) is 3.06. The van der Waals surface area contributed by atoms with Crippen molar-refractivity contribution in [3.63, 3.8) is 0 Å². The number of non-ortho nitro benzene ring substituents is 1. The average molecular weight is 646 g/mol. The molecule has 0 aliphatic heterocycles. The van der Waals surface area contributed by atoms with Crippen molar-refractivity contribution >= 4 is 27.8 Å². The number of nitrogens with two attached hydrogens (primary N) is 1. The molecule has 0 heterocycles. The maximum Gasteiger partial charge on any atom is 0.417 e. The first-order valence-corrected chi connectivity index (χ1v) is 16.2. The van der Waals surface area contributed by atoms with E-state index in [9.17, 15) is 28.1 Å². The van der Waals surface area contributed by atoms with Gasteiger partial charge in [-0.3, -0.25) is 14.9 Å². The summed E-state index contributed by atoms with van der Waals surface area (Å²) in [4.78, 5) is 38.9. The Hall–Kier alpha value is -5.07. The summed E-state index contributed by atoms with van der Waals surface area (Å²) in [7, 11) is -4.25. The van der Waals surface area contributed by atoms with Crippen LogP contribution in [-0.2, 0) is 39.1 Å². The number of ether oxygens (including phenoxy) is 1. The Labute approximate surface area is 267 Å². The largest absolute Gasteiger partial charge is 0.444 e. The van der Waals surface area contributed by atoms with Gasteiger partial charge in [0.2, 0.25) is 5.91 Å². The highest BCUT2D eigenvalue weighted by molar-refractivity contribution is 7.87. The van der Waals surface area contributed by atoms with Gasteiger partial charge in [-0.05, 0) is 54.5 Å². The van der Waals surface area contributed by atoms with Crippen molar-refractivity contribution in [2.75, 3.05) is 5.75 Å². The number of hydrogen-bond acceptors (Lipinski definition) is 9. The first-order valence-electron chi connectivity index (χ1n) is 14.6. The smallest absolute Gasteiger partial charge is 0.417 e. The minimum Gasteiger partial charge on any atom is -0.444 e. The van der Waals surface area contributed by atoms with Crippen LogP contribution in [-0.4, -0.2) is 48.1 Å². The van der Waals surface area contributed by atoms with E-state index in [1.54, 1.807) is 24.3 Å². The van der Waals surface area contributed by atoms with Gasteiger partial charge in [-0.1, -0.05) is 91.0 Å². The molecule has 1 unspecified atom stereocenters. The number of aryl methyl sites for hydroxylation is 1. The van der Waals surface area contributed by atoms with Crippen molar-refractivity contribution in [2.45, 2.75) is 44.4 Å². The predicted molar refractivity (Wildman–Crippen MR) is 172 cm³/mol. The zero-order valence-electron chi connectivity index (χ0n) is 25.0. The van der Waals surface area contributed by atoms with Crippen LogP contribution in [0, 0.1) is 10.1 Å². The van der Waals surface area contributed by atoms with Gasteiger partial charge in [0.05, 0.1) is 16.7 Å². The molecule has 0 fully saturated rings. The van der Waals surface area contributed by atoms with Crippen LogP contribution in [0.3, 0.4) is 0 Å². The Kier molecular flexibility index (Phi) is 12.0. The molecule has 240 valence electrons. The van der Waals surface area contributed by atoms with Crippen LogP contribution >= 0.6 is 0 Å². The number of benzene rings is 4. The van der Waals surface area contributed by atoms with Gasteiger partial charge in [0.15, 0.2) is 0 Å². The molecular weight excluding hydrogens is 610 g/mol. The van der Waals surface area contributed by atoms with Crippen LogP contribution in [0.5, 0.6) is 5.75 Å². The highest BCUT2D eigenvalue weighted by Gasteiger charge is 2.35. The molecule has 4 aromatic rings. The third-order valence-corrected chi connectivity index (χ3v) is 8.38. The maximum atomic E-state index is 13.9. The van der Waals surface area contributed by atoms with Crippen molar-refractivity contribution < 1.29 is 31.9 Å². The number of nitro groups is 1. The van der Waals surface area contributed by atoms with Gasteiger partial charge in [0.25, 0.3) is 5.69 Å². The van der Waals surface area contributed by atoms with E-state index >= 15 is 0 Å². The zero-order chi connectivity index (χ0) is 32.9. The Balaban J connectivity index is 1.59. The number of nitrogens with zero attached hydrogens (tertiary/aromatic N) is 2. The van der Waals surface area contributed by atoms with Crippen LogP contribution in [0.1, 0.15) is 29.5 Å². The molecule has 4 rings (SSSR count). The molecule has 4 aromatic carbocycles. The van der Waals surface area contributed by atoms with Gasteiger partial charge in [-0.2, -0.15) is 8.42 Å². The minimum atomic E-state index is -4.25. The molecule has 0 aliphatic rings. The van der Waals surface area contributed by atoms with Crippen molar-refractivity contribution in [3.8, 4) is 5.75 Å². The van der Waals surface area contributed by atoms with Crippen molar-refractivity contribution in [2.24, 2.45) is 5.73 Å². The number of carbonyl (C=O) groups is 2. The van der Waals surface area contributed by atoms with Crippen LogP contribution in [0.4, 0.5) is 10.5 Å². The summed E-state index contributed by atoms with van der Waals surface area (Å²) in [5.74, 6) is -1.37. The van der Waals surface area contributed by atoms with E-state index in [0.29, 0.717) is 12.0 Å². The van der Waals surface area contributed by atoms with Crippen molar-refractivity contribution in [1.29, 1.82) is 0 Å². The molecule has 11 nitrogen and oxygen atoms in total. The highest BCUT2D eigenvalue weighted by Crippen LogP contribution is 2.22. The SMILES string of the molecule is N[C@@H](Cc1ccccc1)C(=O)N(C(=O)OCc1ccccc1)C(CCc1ccccc1)CCS(=O)(=O)Oc1ccc([N+](=O)[O-])cc1. The molecule has 12 heteroatoms. The fourth-order valence-corrected chi connectivity index (χ4v) is 5.86. The van der Waals surface area contributed by atoms with Crippen LogP contribution in [0.2, 0.25) is 0 Å². The lowest BCUT2D eigenvalue weighted by Crippen LogP contribution is -2.53. The summed E-state index contributed by atoms with van der Waals surface area (Å²) in [5.41, 5.74) is 8.57. The molecule has 0 saturated carbocycles. The molecule has 2 atom stereocenters. The normalized spacial score (nSPS) is 12.5. The quantitative estimate of drug-likeness (QED) is 0.101. The molecule has 46 heavy (non-hydrogen) atoms. The Bertz CT molecular complexity index is 1690. The topological polar surface area (TPSA) is 159 Å². The van der Waals surface area contributed by atoms with E-state index < -0.39 is 44.9 Å². The van der Waals surface area contributed by atoms with Gasteiger partial charge in [-0.15, -0.1) is 0 Å². The van der Waals surface area contributed by atoms with Gasteiger partial charge in [0.1, 0.15) is 12.4 Å². The van der Waals surface area contributed by atoms with Gasteiger partial charge < -0.3 is 14.7 Å². The summed E-state index contributed by atoms with van der Waals surface area (Å²) in [5, 5.41) is 11.0. The maximum absolute atomic E-state index is 13.9. The predicted octanol–water partition coefficient (Wildman–Crippen LogP) is 5.43. The molecular formula is C34H35N3O8S. The molecule has 0 saturated heterocycles. The van der Waals surface area contributed by atoms with Crippen molar-refractivity contribution in [3.05, 3.63) is 142 Å². The van der Waals surface area contributed by atoms with Crippen LogP contribution < -0.4 is 9.92 Å². The van der Waals surface area contributed by atoms with Crippen LogP contribution in [0.25, 0.3) is 0 Å².